The Balaban J connectivity index is 2.35. The van der Waals surface area contributed by atoms with Gasteiger partial charge in [0.25, 0.3) is 0 Å². The van der Waals surface area contributed by atoms with E-state index in [0.717, 1.165) is 26.1 Å². The van der Waals surface area contributed by atoms with Gasteiger partial charge >= 0.3 is 6.09 Å². The predicted molar refractivity (Wildman–Crippen MR) is 82.8 cm³/mol. The number of rotatable bonds is 3. The van der Waals surface area contributed by atoms with Crippen LogP contribution in [0.1, 0.15) is 54.9 Å². The standard InChI is InChI=1S/C16H32N2O2/c1-12(15(2,3)4)10-17-13-8-9-18(11-13)14(19)20-16(5,6)7/h12-13,17H,8-11H2,1-7H3. The summed E-state index contributed by atoms with van der Waals surface area (Å²) in [7, 11) is 0. The molecule has 1 heterocycles. The van der Waals surface area contributed by atoms with E-state index in [1.54, 1.807) is 0 Å². The van der Waals surface area contributed by atoms with Gasteiger partial charge < -0.3 is 15.0 Å². The summed E-state index contributed by atoms with van der Waals surface area (Å²) >= 11 is 0. The quantitative estimate of drug-likeness (QED) is 0.865. The Morgan fingerprint density at radius 2 is 1.90 bits per heavy atom. The second-order valence-electron chi connectivity index (χ2n) is 8.09. The van der Waals surface area contributed by atoms with Crippen molar-refractivity contribution in [1.82, 2.24) is 10.2 Å². The minimum atomic E-state index is -0.413. The lowest BCUT2D eigenvalue weighted by atomic mass is 9.82. The highest BCUT2D eigenvalue weighted by molar-refractivity contribution is 5.68. The fourth-order valence-electron chi connectivity index (χ4n) is 2.07. The highest BCUT2D eigenvalue weighted by Gasteiger charge is 2.30. The van der Waals surface area contributed by atoms with E-state index in [4.69, 9.17) is 4.74 Å². The first kappa shape index (κ1) is 17.3. The second kappa shape index (κ2) is 6.33. The molecule has 2 atom stereocenters. The van der Waals surface area contributed by atoms with Gasteiger partial charge in [0.05, 0.1) is 0 Å². The fraction of sp³-hybridized carbons (Fsp3) is 0.938. The van der Waals surface area contributed by atoms with Gasteiger partial charge in [0, 0.05) is 19.1 Å². The molecule has 0 radical (unpaired) electrons. The summed E-state index contributed by atoms with van der Waals surface area (Å²) in [6.45, 7) is 17.3. The van der Waals surface area contributed by atoms with Crippen LogP contribution in [0, 0.1) is 11.3 Å². The summed E-state index contributed by atoms with van der Waals surface area (Å²) in [5.41, 5.74) is -0.0974. The summed E-state index contributed by atoms with van der Waals surface area (Å²) in [6.07, 6.45) is 0.821. The highest BCUT2D eigenvalue weighted by Crippen LogP contribution is 2.25. The molecule has 0 aromatic rings. The molecule has 0 aliphatic carbocycles. The van der Waals surface area contributed by atoms with Crippen molar-refractivity contribution in [2.45, 2.75) is 66.5 Å². The molecule has 0 spiro atoms. The molecule has 4 heteroatoms. The van der Waals surface area contributed by atoms with Crippen molar-refractivity contribution in [2.75, 3.05) is 19.6 Å². The Bertz CT molecular complexity index is 328. The Kier molecular flexibility index (Phi) is 5.47. The number of carbonyl (C=O) groups excluding carboxylic acids is 1. The minimum Gasteiger partial charge on any atom is -0.444 e. The first-order valence-corrected chi connectivity index (χ1v) is 7.70. The molecule has 1 rings (SSSR count). The van der Waals surface area contributed by atoms with Gasteiger partial charge in [-0.05, 0) is 45.1 Å². The molecule has 118 valence electrons. The molecule has 0 aromatic heterocycles. The molecule has 1 fully saturated rings. The molecule has 1 saturated heterocycles. The van der Waals surface area contributed by atoms with Crippen molar-refractivity contribution in [3.8, 4) is 0 Å². The Morgan fingerprint density at radius 3 is 2.40 bits per heavy atom. The molecule has 1 amide bonds. The Hall–Kier alpha value is -0.770. The van der Waals surface area contributed by atoms with E-state index in [2.05, 4.69) is 33.0 Å². The van der Waals surface area contributed by atoms with Crippen LogP contribution in [-0.4, -0.2) is 42.3 Å². The molecule has 1 aliphatic rings. The summed E-state index contributed by atoms with van der Waals surface area (Å²) in [5.74, 6) is 0.609. The van der Waals surface area contributed by atoms with Gasteiger partial charge in [0.1, 0.15) is 5.60 Å². The van der Waals surface area contributed by atoms with Gasteiger partial charge in [-0.2, -0.15) is 0 Å². The van der Waals surface area contributed by atoms with Crippen LogP contribution in [-0.2, 0) is 4.74 Å². The first-order chi connectivity index (χ1) is 8.99. The van der Waals surface area contributed by atoms with Crippen molar-refractivity contribution in [3.05, 3.63) is 0 Å². The highest BCUT2D eigenvalue weighted by atomic mass is 16.6. The summed E-state index contributed by atoms with van der Waals surface area (Å²) in [4.78, 5) is 13.8. The third-order valence-corrected chi connectivity index (χ3v) is 4.03. The van der Waals surface area contributed by atoms with E-state index in [1.807, 2.05) is 25.7 Å². The molecule has 1 N–H and O–H groups in total. The van der Waals surface area contributed by atoms with Gasteiger partial charge in [-0.3, -0.25) is 0 Å². The van der Waals surface area contributed by atoms with Gasteiger partial charge in [0.15, 0.2) is 0 Å². The molecule has 0 aromatic carbocycles. The predicted octanol–water partition coefficient (Wildman–Crippen LogP) is 3.27. The summed E-state index contributed by atoms with van der Waals surface area (Å²) in [6, 6.07) is 0.396. The monoisotopic (exact) mass is 284 g/mol. The average Bonchev–Trinajstić information content (AvgIpc) is 2.70. The van der Waals surface area contributed by atoms with Crippen molar-refractivity contribution >= 4 is 6.09 Å². The van der Waals surface area contributed by atoms with E-state index in [1.165, 1.54) is 0 Å². The Labute approximate surface area is 124 Å². The lowest BCUT2D eigenvalue weighted by Crippen LogP contribution is -2.40. The number of hydrogen-bond donors (Lipinski definition) is 1. The largest absolute Gasteiger partial charge is 0.444 e. The van der Waals surface area contributed by atoms with Crippen LogP contribution in [0.15, 0.2) is 0 Å². The average molecular weight is 284 g/mol. The van der Waals surface area contributed by atoms with E-state index in [9.17, 15) is 4.79 Å². The second-order valence-corrected chi connectivity index (χ2v) is 8.09. The zero-order valence-electron chi connectivity index (χ0n) is 14.2. The van der Waals surface area contributed by atoms with E-state index in [0.29, 0.717) is 17.4 Å². The van der Waals surface area contributed by atoms with Crippen molar-refractivity contribution in [2.24, 2.45) is 11.3 Å². The molecule has 1 aliphatic heterocycles. The lowest BCUT2D eigenvalue weighted by molar-refractivity contribution is 0.0290. The smallest absolute Gasteiger partial charge is 0.410 e. The lowest BCUT2D eigenvalue weighted by Gasteiger charge is -2.29. The number of amides is 1. The maximum Gasteiger partial charge on any atom is 0.410 e. The normalized spacial score (nSPS) is 21.9. The zero-order valence-corrected chi connectivity index (χ0v) is 14.2. The van der Waals surface area contributed by atoms with Crippen molar-refractivity contribution in [3.63, 3.8) is 0 Å². The summed E-state index contributed by atoms with van der Waals surface area (Å²) in [5, 5.41) is 3.59. The third-order valence-electron chi connectivity index (χ3n) is 4.03. The van der Waals surface area contributed by atoms with Crippen LogP contribution in [0.2, 0.25) is 0 Å². The number of carbonyl (C=O) groups is 1. The van der Waals surface area contributed by atoms with E-state index >= 15 is 0 Å². The molecule has 20 heavy (non-hydrogen) atoms. The first-order valence-electron chi connectivity index (χ1n) is 7.70. The number of likely N-dealkylation sites (tertiary alicyclic amines) is 1. The van der Waals surface area contributed by atoms with Crippen LogP contribution in [0.5, 0.6) is 0 Å². The number of hydrogen-bond acceptors (Lipinski definition) is 3. The Morgan fingerprint density at radius 1 is 1.30 bits per heavy atom. The minimum absolute atomic E-state index is 0.189. The van der Waals surface area contributed by atoms with Crippen LogP contribution < -0.4 is 5.32 Å². The molecular formula is C16H32N2O2. The van der Waals surface area contributed by atoms with E-state index in [-0.39, 0.29) is 6.09 Å². The van der Waals surface area contributed by atoms with Crippen LogP contribution in [0.4, 0.5) is 4.79 Å². The summed E-state index contributed by atoms with van der Waals surface area (Å²) < 4.78 is 5.41. The van der Waals surface area contributed by atoms with Crippen LogP contribution in [0.3, 0.4) is 0 Å². The number of ether oxygens (including phenoxy) is 1. The molecule has 4 nitrogen and oxygen atoms in total. The zero-order chi connectivity index (χ0) is 15.6. The van der Waals surface area contributed by atoms with Gasteiger partial charge in [-0.25, -0.2) is 4.79 Å². The van der Waals surface area contributed by atoms with Crippen molar-refractivity contribution in [1.29, 1.82) is 0 Å². The molecule has 0 saturated carbocycles. The van der Waals surface area contributed by atoms with Crippen LogP contribution in [0.25, 0.3) is 0 Å². The molecule has 2 unspecified atom stereocenters. The van der Waals surface area contributed by atoms with Crippen molar-refractivity contribution < 1.29 is 9.53 Å². The molecular weight excluding hydrogens is 252 g/mol. The topological polar surface area (TPSA) is 41.6 Å². The maximum absolute atomic E-state index is 12.0. The molecule has 0 bridgehead atoms. The van der Waals surface area contributed by atoms with Gasteiger partial charge in [-0.1, -0.05) is 27.7 Å². The van der Waals surface area contributed by atoms with Gasteiger partial charge in [0.2, 0.25) is 0 Å². The maximum atomic E-state index is 12.0. The van der Waals surface area contributed by atoms with E-state index < -0.39 is 5.60 Å². The SMILES string of the molecule is CC(CNC1CCN(C(=O)OC(C)(C)C)C1)C(C)(C)C. The fourth-order valence-corrected chi connectivity index (χ4v) is 2.07. The number of nitrogens with one attached hydrogen (secondary N) is 1. The van der Waals surface area contributed by atoms with Gasteiger partial charge in [-0.15, -0.1) is 0 Å². The number of nitrogens with zero attached hydrogens (tertiary/aromatic N) is 1. The van der Waals surface area contributed by atoms with Crippen LogP contribution >= 0.6 is 0 Å². The third kappa shape index (κ3) is 5.70.